The van der Waals surface area contributed by atoms with Gasteiger partial charge in [-0.1, -0.05) is 18.6 Å². The summed E-state index contributed by atoms with van der Waals surface area (Å²) in [5.74, 6) is 1.41. The highest BCUT2D eigenvalue weighted by atomic mass is 16.5. The molecule has 1 aliphatic heterocycles. The van der Waals surface area contributed by atoms with Gasteiger partial charge in [-0.05, 0) is 58.3 Å². The van der Waals surface area contributed by atoms with Gasteiger partial charge in [-0.3, -0.25) is 0 Å². The summed E-state index contributed by atoms with van der Waals surface area (Å²) in [6.07, 6.45) is 6.78. The Balaban J connectivity index is 1.98. The molecule has 2 heteroatoms. The SMILES string of the molecule is C/C(=C\CC[C@@]1(C)O[C@@]2(C)CC[C@@H]1[C@@H]2C)CO. The first-order chi connectivity index (χ1) is 7.91. The van der Waals surface area contributed by atoms with E-state index in [0.717, 1.165) is 24.3 Å². The maximum absolute atomic E-state index is 8.98. The lowest BCUT2D eigenvalue weighted by Gasteiger charge is -2.37. The largest absolute Gasteiger partial charge is 0.392 e. The molecule has 0 amide bonds. The third kappa shape index (κ3) is 2.17. The molecule has 1 heterocycles. The van der Waals surface area contributed by atoms with Crippen molar-refractivity contribution in [1.82, 2.24) is 0 Å². The molecule has 0 spiro atoms. The third-order valence-electron chi connectivity index (χ3n) is 5.15. The van der Waals surface area contributed by atoms with Crippen LogP contribution in [0.15, 0.2) is 11.6 Å². The Morgan fingerprint density at radius 1 is 1.47 bits per heavy atom. The molecule has 0 aromatic heterocycles. The highest BCUT2D eigenvalue weighted by molar-refractivity contribution is 5.09. The van der Waals surface area contributed by atoms with E-state index in [-0.39, 0.29) is 17.8 Å². The van der Waals surface area contributed by atoms with E-state index >= 15 is 0 Å². The highest BCUT2D eigenvalue weighted by Crippen LogP contribution is 2.58. The van der Waals surface area contributed by atoms with Gasteiger partial charge in [0, 0.05) is 0 Å². The Labute approximate surface area is 105 Å². The minimum absolute atomic E-state index is 0.0542. The number of hydrogen-bond acceptors (Lipinski definition) is 2. The first kappa shape index (κ1) is 13.1. The van der Waals surface area contributed by atoms with E-state index in [1.54, 1.807) is 0 Å². The molecule has 0 unspecified atom stereocenters. The van der Waals surface area contributed by atoms with Gasteiger partial charge in [-0.2, -0.15) is 0 Å². The van der Waals surface area contributed by atoms with Gasteiger partial charge in [0.1, 0.15) is 0 Å². The summed E-state index contributed by atoms with van der Waals surface area (Å²) in [7, 11) is 0. The standard InChI is InChI=1S/C15H26O2/c1-11(10-16)6-5-8-15(4)13-7-9-14(3,17-15)12(13)2/h6,12-13,16H,5,7-10H2,1-4H3/b11-6+/t12-,13+,14-,15+/m0/s1. The van der Waals surface area contributed by atoms with Crippen LogP contribution in [0.1, 0.15) is 53.4 Å². The van der Waals surface area contributed by atoms with Gasteiger partial charge in [0.15, 0.2) is 0 Å². The second-order valence-electron chi connectivity index (χ2n) is 6.41. The van der Waals surface area contributed by atoms with E-state index in [1.165, 1.54) is 12.8 Å². The van der Waals surface area contributed by atoms with Crippen LogP contribution in [0.4, 0.5) is 0 Å². The maximum Gasteiger partial charge on any atom is 0.0696 e. The van der Waals surface area contributed by atoms with Crippen LogP contribution in [0.5, 0.6) is 0 Å². The Kier molecular flexibility index (Phi) is 3.39. The highest BCUT2D eigenvalue weighted by Gasteiger charge is 2.59. The topological polar surface area (TPSA) is 29.5 Å². The van der Waals surface area contributed by atoms with Crippen molar-refractivity contribution in [2.45, 2.75) is 64.6 Å². The van der Waals surface area contributed by atoms with E-state index in [9.17, 15) is 0 Å². The van der Waals surface area contributed by atoms with Crippen LogP contribution >= 0.6 is 0 Å². The van der Waals surface area contributed by atoms with Crippen LogP contribution in [-0.2, 0) is 4.74 Å². The molecule has 1 saturated carbocycles. The van der Waals surface area contributed by atoms with Crippen molar-refractivity contribution >= 4 is 0 Å². The number of fused-ring (bicyclic) bond motifs is 2. The average molecular weight is 238 g/mol. The van der Waals surface area contributed by atoms with Crippen molar-refractivity contribution in [2.75, 3.05) is 6.61 Å². The van der Waals surface area contributed by atoms with Crippen LogP contribution in [0.25, 0.3) is 0 Å². The summed E-state index contributed by atoms with van der Waals surface area (Å²) in [5, 5.41) is 8.98. The zero-order valence-electron chi connectivity index (χ0n) is 11.6. The van der Waals surface area contributed by atoms with E-state index in [1.807, 2.05) is 6.92 Å². The maximum atomic E-state index is 8.98. The van der Waals surface area contributed by atoms with Gasteiger partial charge in [0.25, 0.3) is 0 Å². The molecule has 1 saturated heterocycles. The van der Waals surface area contributed by atoms with Gasteiger partial charge in [-0.25, -0.2) is 0 Å². The van der Waals surface area contributed by atoms with E-state index < -0.39 is 0 Å². The smallest absolute Gasteiger partial charge is 0.0696 e. The summed E-state index contributed by atoms with van der Waals surface area (Å²) in [4.78, 5) is 0. The Bertz CT molecular complexity index is 323. The van der Waals surface area contributed by atoms with Gasteiger partial charge in [-0.15, -0.1) is 0 Å². The second kappa shape index (κ2) is 4.40. The van der Waals surface area contributed by atoms with Crippen LogP contribution < -0.4 is 0 Å². The minimum Gasteiger partial charge on any atom is -0.392 e. The second-order valence-corrected chi connectivity index (χ2v) is 6.41. The van der Waals surface area contributed by atoms with Crippen molar-refractivity contribution < 1.29 is 9.84 Å². The van der Waals surface area contributed by atoms with Crippen molar-refractivity contribution in [1.29, 1.82) is 0 Å². The molecular formula is C15H26O2. The molecule has 2 bridgehead atoms. The predicted molar refractivity (Wildman–Crippen MR) is 69.9 cm³/mol. The fourth-order valence-corrected chi connectivity index (χ4v) is 3.84. The van der Waals surface area contributed by atoms with Crippen molar-refractivity contribution in [3.63, 3.8) is 0 Å². The molecule has 0 aromatic carbocycles. The first-order valence-corrected chi connectivity index (χ1v) is 6.88. The average Bonchev–Trinajstić information content (AvgIpc) is 2.64. The molecular weight excluding hydrogens is 212 g/mol. The molecule has 2 aliphatic rings. The minimum atomic E-state index is 0.0542. The van der Waals surface area contributed by atoms with Crippen LogP contribution in [0.3, 0.4) is 0 Å². The normalized spacial score (nSPS) is 45.6. The van der Waals surface area contributed by atoms with E-state index in [4.69, 9.17) is 9.84 Å². The number of ether oxygens (including phenoxy) is 1. The summed E-state index contributed by atoms with van der Waals surface area (Å²) < 4.78 is 6.37. The molecule has 1 aliphatic carbocycles. The Hall–Kier alpha value is -0.340. The molecule has 1 N–H and O–H groups in total. The van der Waals surface area contributed by atoms with Crippen molar-refractivity contribution in [3.05, 3.63) is 11.6 Å². The van der Waals surface area contributed by atoms with Crippen LogP contribution in [0.2, 0.25) is 0 Å². The van der Waals surface area contributed by atoms with Crippen molar-refractivity contribution in [3.8, 4) is 0 Å². The van der Waals surface area contributed by atoms with E-state index in [2.05, 4.69) is 26.8 Å². The lowest BCUT2D eigenvalue weighted by Crippen LogP contribution is -2.38. The molecule has 0 aromatic rings. The monoisotopic (exact) mass is 238 g/mol. The lowest BCUT2D eigenvalue weighted by molar-refractivity contribution is -0.127. The molecule has 17 heavy (non-hydrogen) atoms. The summed E-state index contributed by atoms with van der Waals surface area (Å²) in [6, 6.07) is 0. The van der Waals surface area contributed by atoms with E-state index in [0.29, 0.717) is 5.92 Å². The molecule has 98 valence electrons. The molecule has 2 fully saturated rings. The lowest BCUT2D eigenvalue weighted by atomic mass is 9.80. The predicted octanol–water partition coefficient (Wildman–Crippen LogP) is 3.30. The number of aliphatic hydroxyl groups is 1. The van der Waals surface area contributed by atoms with Crippen LogP contribution in [-0.4, -0.2) is 22.9 Å². The summed E-state index contributed by atoms with van der Waals surface area (Å²) in [6.45, 7) is 9.05. The number of aliphatic hydroxyl groups excluding tert-OH is 1. The zero-order valence-corrected chi connectivity index (χ0v) is 11.6. The fourth-order valence-electron chi connectivity index (χ4n) is 3.84. The zero-order chi connectivity index (χ0) is 12.7. The Morgan fingerprint density at radius 2 is 2.18 bits per heavy atom. The quantitative estimate of drug-likeness (QED) is 0.761. The number of allylic oxidation sites excluding steroid dienone is 1. The van der Waals surface area contributed by atoms with Gasteiger partial charge < -0.3 is 9.84 Å². The van der Waals surface area contributed by atoms with Gasteiger partial charge >= 0.3 is 0 Å². The van der Waals surface area contributed by atoms with Gasteiger partial charge in [0.05, 0.1) is 17.8 Å². The summed E-state index contributed by atoms with van der Waals surface area (Å²) >= 11 is 0. The number of rotatable bonds is 4. The molecule has 0 radical (unpaired) electrons. The molecule has 2 rings (SSSR count). The van der Waals surface area contributed by atoms with Crippen molar-refractivity contribution in [2.24, 2.45) is 11.8 Å². The van der Waals surface area contributed by atoms with Gasteiger partial charge in [0.2, 0.25) is 0 Å². The Morgan fingerprint density at radius 3 is 2.65 bits per heavy atom. The fraction of sp³-hybridized carbons (Fsp3) is 0.867. The molecule has 4 atom stereocenters. The number of hydrogen-bond donors (Lipinski definition) is 1. The molecule has 2 nitrogen and oxygen atoms in total. The third-order valence-corrected chi connectivity index (χ3v) is 5.15. The van der Waals surface area contributed by atoms with Crippen LogP contribution in [0, 0.1) is 11.8 Å². The summed E-state index contributed by atoms with van der Waals surface area (Å²) in [5.41, 5.74) is 1.24. The first-order valence-electron chi connectivity index (χ1n) is 6.88.